The molecule has 4 heteroatoms. The summed E-state index contributed by atoms with van der Waals surface area (Å²) < 4.78 is 14.2. The van der Waals surface area contributed by atoms with Crippen LogP contribution in [-0.2, 0) is 0 Å². The average Bonchev–Trinajstić information content (AvgIpc) is 2.38. The molecule has 0 saturated heterocycles. The van der Waals surface area contributed by atoms with Crippen molar-refractivity contribution < 1.29 is 4.39 Å². The van der Waals surface area contributed by atoms with Gasteiger partial charge in [-0.2, -0.15) is 0 Å². The standard InChI is InChI=1S/C16H28FN3/c1-7-20(12(2)11-19(5)6)15-10-8-9-14(17)16(15)13(3)18-4/h8-10,12-13,18H,7,11H2,1-6H3. The van der Waals surface area contributed by atoms with E-state index in [1.807, 2.05) is 20.0 Å². The van der Waals surface area contributed by atoms with Crippen molar-refractivity contribution >= 4 is 5.69 Å². The van der Waals surface area contributed by atoms with Crippen molar-refractivity contribution in [2.75, 3.05) is 39.1 Å². The van der Waals surface area contributed by atoms with Crippen LogP contribution in [0.5, 0.6) is 0 Å². The summed E-state index contributed by atoms with van der Waals surface area (Å²) in [5, 5.41) is 3.14. The SMILES string of the molecule is CCN(c1cccc(F)c1C(C)NC)C(C)CN(C)C. The number of hydrogen-bond acceptors (Lipinski definition) is 3. The zero-order valence-corrected chi connectivity index (χ0v) is 13.6. The summed E-state index contributed by atoms with van der Waals surface area (Å²) in [7, 11) is 5.99. The highest BCUT2D eigenvalue weighted by Crippen LogP contribution is 2.30. The van der Waals surface area contributed by atoms with E-state index in [2.05, 4.69) is 43.1 Å². The van der Waals surface area contributed by atoms with E-state index in [1.54, 1.807) is 6.07 Å². The largest absolute Gasteiger partial charge is 0.367 e. The van der Waals surface area contributed by atoms with Gasteiger partial charge in [-0.25, -0.2) is 4.39 Å². The monoisotopic (exact) mass is 281 g/mol. The van der Waals surface area contributed by atoms with E-state index in [0.717, 1.165) is 24.3 Å². The number of anilines is 1. The van der Waals surface area contributed by atoms with Gasteiger partial charge in [0.25, 0.3) is 0 Å². The Balaban J connectivity index is 3.18. The number of likely N-dealkylation sites (N-methyl/N-ethyl adjacent to an activating group) is 2. The average molecular weight is 281 g/mol. The molecule has 0 amide bonds. The van der Waals surface area contributed by atoms with Crippen LogP contribution in [0.1, 0.15) is 32.4 Å². The van der Waals surface area contributed by atoms with Gasteiger partial charge in [0.05, 0.1) is 0 Å². The van der Waals surface area contributed by atoms with E-state index in [4.69, 9.17) is 0 Å². The third kappa shape index (κ3) is 3.93. The maximum absolute atomic E-state index is 14.2. The molecule has 114 valence electrons. The van der Waals surface area contributed by atoms with Crippen LogP contribution in [0.4, 0.5) is 10.1 Å². The van der Waals surface area contributed by atoms with Gasteiger partial charge in [0, 0.05) is 36.4 Å². The molecule has 0 aliphatic heterocycles. The fourth-order valence-electron chi connectivity index (χ4n) is 2.70. The van der Waals surface area contributed by atoms with Crippen LogP contribution >= 0.6 is 0 Å². The smallest absolute Gasteiger partial charge is 0.130 e. The first-order valence-electron chi connectivity index (χ1n) is 7.29. The van der Waals surface area contributed by atoms with Crippen molar-refractivity contribution in [3.8, 4) is 0 Å². The molecule has 3 nitrogen and oxygen atoms in total. The Bertz CT molecular complexity index is 420. The quantitative estimate of drug-likeness (QED) is 0.829. The minimum Gasteiger partial charge on any atom is -0.367 e. The first-order chi connectivity index (χ1) is 9.42. The first kappa shape index (κ1) is 16.9. The third-order valence-electron chi connectivity index (χ3n) is 3.71. The Labute approximate surface area is 122 Å². The van der Waals surface area contributed by atoms with Crippen molar-refractivity contribution in [1.82, 2.24) is 10.2 Å². The maximum Gasteiger partial charge on any atom is 0.130 e. The predicted molar refractivity (Wildman–Crippen MR) is 84.9 cm³/mol. The van der Waals surface area contributed by atoms with E-state index >= 15 is 0 Å². The van der Waals surface area contributed by atoms with E-state index in [-0.39, 0.29) is 11.9 Å². The fraction of sp³-hybridized carbons (Fsp3) is 0.625. The molecule has 2 unspecified atom stereocenters. The molecule has 0 radical (unpaired) electrons. The second kappa shape index (κ2) is 7.60. The second-order valence-electron chi connectivity index (χ2n) is 5.58. The molecule has 0 aliphatic rings. The van der Waals surface area contributed by atoms with E-state index in [0.29, 0.717) is 6.04 Å². The van der Waals surface area contributed by atoms with Crippen LogP contribution in [0.2, 0.25) is 0 Å². The van der Waals surface area contributed by atoms with Crippen LogP contribution in [0.25, 0.3) is 0 Å². The Morgan fingerprint density at radius 2 is 1.90 bits per heavy atom. The Morgan fingerprint density at radius 1 is 1.25 bits per heavy atom. The zero-order chi connectivity index (χ0) is 15.3. The normalized spacial score (nSPS) is 14.4. The number of benzene rings is 1. The Kier molecular flexibility index (Phi) is 6.43. The highest BCUT2D eigenvalue weighted by atomic mass is 19.1. The van der Waals surface area contributed by atoms with Gasteiger partial charge >= 0.3 is 0 Å². The summed E-state index contributed by atoms with van der Waals surface area (Å²) in [4.78, 5) is 4.43. The van der Waals surface area contributed by atoms with Crippen LogP contribution in [0.15, 0.2) is 18.2 Å². The van der Waals surface area contributed by atoms with E-state index < -0.39 is 0 Å². The van der Waals surface area contributed by atoms with E-state index in [1.165, 1.54) is 6.07 Å². The molecule has 1 rings (SSSR count). The molecule has 2 atom stereocenters. The zero-order valence-electron chi connectivity index (χ0n) is 13.6. The molecule has 1 aromatic rings. The van der Waals surface area contributed by atoms with Crippen molar-refractivity contribution in [1.29, 1.82) is 0 Å². The van der Waals surface area contributed by atoms with Crippen molar-refractivity contribution in [2.45, 2.75) is 32.9 Å². The van der Waals surface area contributed by atoms with Gasteiger partial charge in [0.1, 0.15) is 5.82 Å². The number of rotatable bonds is 7. The second-order valence-corrected chi connectivity index (χ2v) is 5.58. The summed E-state index contributed by atoms with van der Waals surface area (Å²) in [5.74, 6) is -0.139. The van der Waals surface area contributed by atoms with Gasteiger partial charge in [0.15, 0.2) is 0 Å². The highest BCUT2D eigenvalue weighted by Gasteiger charge is 2.21. The Hall–Kier alpha value is -1.13. The minimum atomic E-state index is -0.139. The molecular formula is C16H28FN3. The van der Waals surface area contributed by atoms with Gasteiger partial charge in [-0.15, -0.1) is 0 Å². The molecule has 0 aliphatic carbocycles. The molecule has 1 N–H and O–H groups in total. The van der Waals surface area contributed by atoms with Crippen molar-refractivity contribution in [3.05, 3.63) is 29.6 Å². The topological polar surface area (TPSA) is 18.5 Å². The lowest BCUT2D eigenvalue weighted by atomic mass is 10.0. The fourth-order valence-corrected chi connectivity index (χ4v) is 2.70. The molecule has 0 heterocycles. The summed E-state index contributed by atoms with van der Waals surface area (Å²) in [6.45, 7) is 8.10. The molecule has 1 aromatic carbocycles. The number of hydrogen-bond donors (Lipinski definition) is 1. The molecule has 0 fully saturated rings. The summed E-state index contributed by atoms with van der Waals surface area (Å²) in [5.41, 5.74) is 1.74. The summed E-state index contributed by atoms with van der Waals surface area (Å²) >= 11 is 0. The highest BCUT2D eigenvalue weighted by molar-refractivity contribution is 5.56. The van der Waals surface area contributed by atoms with Gasteiger partial charge in [-0.1, -0.05) is 6.07 Å². The van der Waals surface area contributed by atoms with Gasteiger partial charge in [-0.3, -0.25) is 0 Å². The number of halogens is 1. The lowest BCUT2D eigenvalue weighted by Gasteiger charge is -2.34. The molecule has 0 bridgehead atoms. The van der Waals surface area contributed by atoms with Crippen molar-refractivity contribution in [2.24, 2.45) is 0 Å². The van der Waals surface area contributed by atoms with Crippen molar-refractivity contribution in [3.63, 3.8) is 0 Å². The van der Waals surface area contributed by atoms with Crippen LogP contribution in [0, 0.1) is 5.82 Å². The maximum atomic E-state index is 14.2. The lowest BCUT2D eigenvalue weighted by molar-refractivity contribution is 0.372. The van der Waals surface area contributed by atoms with E-state index in [9.17, 15) is 4.39 Å². The molecule has 0 spiro atoms. The van der Waals surface area contributed by atoms with Crippen LogP contribution < -0.4 is 10.2 Å². The molecular weight excluding hydrogens is 253 g/mol. The molecule has 0 saturated carbocycles. The molecule has 20 heavy (non-hydrogen) atoms. The Morgan fingerprint density at radius 3 is 2.40 bits per heavy atom. The summed E-state index contributed by atoms with van der Waals surface area (Å²) in [6.07, 6.45) is 0. The lowest BCUT2D eigenvalue weighted by Crippen LogP contribution is -2.41. The minimum absolute atomic E-state index is 0.00759. The predicted octanol–water partition coefficient (Wildman–Crippen LogP) is 2.88. The molecule has 0 aromatic heterocycles. The van der Waals surface area contributed by atoms with Crippen LogP contribution in [0.3, 0.4) is 0 Å². The van der Waals surface area contributed by atoms with Gasteiger partial charge in [0.2, 0.25) is 0 Å². The summed E-state index contributed by atoms with van der Waals surface area (Å²) in [6, 6.07) is 5.67. The van der Waals surface area contributed by atoms with Gasteiger partial charge in [-0.05, 0) is 54.0 Å². The number of nitrogens with one attached hydrogen (secondary N) is 1. The third-order valence-corrected chi connectivity index (χ3v) is 3.71. The number of nitrogens with zero attached hydrogens (tertiary/aromatic N) is 2. The first-order valence-corrected chi connectivity index (χ1v) is 7.29. The van der Waals surface area contributed by atoms with Crippen LogP contribution in [-0.4, -0.2) is 45.2 Å². The van der Waals surface area contributed by atoms with Gasteiger partial charge < -0.3 is 15.1 Å².